The molecule has 0 aromatic heterocycles. The van der Waals surface area contributed by atoms with Crippen LogP contribution in [0.5, 0.6) is 5.75 Å². The average Bonchev–Trinajstić information content (AvgIpc) is 2.44. The van der Waals surface area contributed by atoms with Crippen molar-refractivity contribution in [3.63, 3.8) is 0 Å². The van der Waals surface area contributed by atoms with Crippen LogP contribution < -0.4 is 16.0 Å². The van der Waals surface area contributed by atoms with Crippen LogP contribution in [-0.4, -0.2) is 6.10 Å². The highest BCUT2D eigenvalue weighted by molar-refractivity contribution is 6.42. The zero-order chi connectivity index (χ0) is 15.4. The van der Waals surface area contributed by atoms with Gasteiger partial charge in [0.1, 0.15) is 5.75 Å². The van der Waals surface area contributed by atoms with Crippen molar-refractivity contribution in [2.24, 2.45) is 5.84 Å². The molecule has 2 aromatic rings. The summed E-state index contributed by atoms with van der Waals surface area (Å²) in [6.07, 6.45) is 0.0818. The van der Waals surface area contributed by atoms with Crippen molar-refractivity contribution in [2.45, 2.75) is 26.0 Å². The van der Waals surface area contributed by atoms with Crippen LogP contribution in [0.3, 0.4) is 0 Å². The maximum atomic E-state index is 6.09. The summed E-state index contributed by atoms with van der Waals surface area (Å²) in [7, 11) is 0. The molecule has 0 saturated carbocycles. The molecular formula is C16H18Cl2N2O. The van der Waals surface area contributed by atoms with Gasteiger partial charge in [-0.05, 0) is 37.6 Å². The number of rotatable bonds is 5. The van der Waals surface area contributed by atoms with Crippen LogP contribution in [0.2, 0.25) is 10.0 Å². The van der Waals surface area contributed by atoms with Gasteiger partial charge in [0.05, 0.1) is 22.2 Å². The zero-order valence-electron chi connectivity index (χ0n) is 11.9. The van der Waals surface area contributed by atoms with E-state index < -0.39 is 0 Å². The molecule has 0 amide bonds. The van der Waals surface area contributed by atoms with Crippen molar-refractivity contribution in [2.75, 3.05) is 0 Å². The summed E-state index contributed by atoms with van der Waals surface area (Å²) >= 11 is 12.1. The standard InChI is InChI=1S/C16H18Cl2N2O/c1-10(2)21-15-6-4-3-5-12(15)16(20-19)11-7-8-13(17)14(18)9-11/h3-10,16,20H,19H2,1-2H3. The van der Waals surface area contributed by atoms with Gasteiger partial charge in [-0.1, -0.05) is 47.5 Å². The van der Waals surface area contributed by atoms with Crippen LogP contribution in [0.1, 0.15) is 31.0 Å². The topological polar surface area (TPSA) is 47.3 Å². The second-order valence-corrected chi connectivity index (χ2v) is 5.79. The molecule has 1 atom stereocenters. The molecule has 0 bridgehead atoms. The third-order valence-electron chi connectivity index (χ3n) is 3.04. The number of halogens is 2. The fourth-order valence-corrected chi connectivity index (χ4v) is 2.44. The lowest BCUT2D eigenvalue weighted by atomic mass is 9.98. The summed E-state index contributed by atoms with van der Waals surface area (Å²) in [5.41, 5.74) is 4.69. The first-order chi connectivity index (χ1) is 10.0. The van der Waals surface area contributed by atoms with Gasteiger partial charge >= 0.3 is 0 Å². The highest BCUT2D eigenvalue weighted by atomic mass is 35.5. The minimum atomic E-state index is -0.227. The van der Waals surface area contributed by atoms with E-state index in [1.165, 1.54) is 0 Å². The molecular weight excluding hydrogens is 307 g/mol. The van der Waals surface area contributed by atoms with E-state index in [1.54, 1.807) is 12.1 Å². The Hall–Kier alpha value is -1.26. The molecule has 3 N–H and O–H groups in total. The lowest BCUT2D eigenvalue weighted by molar-refractivity contribution is 0.238. The Bertz CT molecular complexity index is 617. The average molecular weight is 325 g/mol. The van der Waals surface area contributed by atoms with E-state index in [-0.39, 0.29) is 12.1 Å². The summed E-state index contributed by atoms with van der Waals surface area (Å²) in [6, 6.07) is 13.0. The Kier molecular flexibility index (Phi) is 5.48. The molecule has 0 radical (unpaired) electrons. The molecule has 0 fully saturated rings. The van der Waals surface area contributed by atoms with Crippen LogP contribution >= 0.6 is 23.2 Å². The van der Waals surface area contributed by atoms with E-state index in [0.29, 0.717) is 10.0 Å². The Balaban J connectivity index is 2.43. The number of nitrogens with one attached hydrogen (secondary N) is 1. The molecule has 1 unspecified atom stereocenters. The number of nitrogens with two attached hydrogens (primary N) is 1. The summed E-state index contributed by atoms with van der Waals surface area (Å²) < 4.78 is 5.85. The fraction of sp³-hybridized carbons (Fsp3) is 0.250. The maximum Gasteiger partial charge on any atom is 0.124 e. The lowest BCUT2D eigenvalue weighted by Crippen LogP contribution is -2.29. The number of para-hydroxylation sites is 1. The lowest BCUT2D eigenvalue weighted by Gasteiger charge is -2.22. The first kappa shape index (κ1) is 16.1. The SMILES string of the molecule is CC(C)Oc1ccccc1C(NN)c1ccc(Cl)c(Cl)c1. The van der Waals surface area contributed by atoms with Crippen molar-refractivity contribution in [1.82, 2.24) is 5.43 Å². The largest absolute Gasteiger partial charge is 0.491 e. The molecule has 0 saturated heterocycles. The fourth-order valence-electron chi connectivity index (χ4n) is 2.14. The first-order valence-corrected chi connectivity index (χ1v) is 7.45. The molecule has 0 aliphatic carbocycles. The molecule has 2 rings (SSSR count). The van der Waals surface area contributed by atoms with Crippen LogP contribution in [-0.2, 0) is 0 Å². The van der Waals surface area contributed by atoms with Crippen LogP contribution in [0.15, 0.2) is 42.5 Å². The molecule has 3 nitrogen and oxygen atoms in total. The monoisotopic (exact) mass is 324 g/mol. The van der Waals surface area contributed by atoms with Gasteiger partial charge in [0.25, 0.3) is 0 Å². The summed E-state index contributed by atoms with van der Waals surface area (Å²) in [6.45, 7) is 3.97. The van der Waals surface area contributed by atoms with E-state index in [2.05, 4.69) is 5.43 Å². The Morgan fingerprint density at radius 1 is 1.05 bits per heavy atom. The molecule has 5 heteroatoms. The van der Waals surface area contributed by atoms with Gasteiger partial charge in [-0.25, -0.2) is 5.43 Å². The summed E-state index contributed by atoms with van der Waals surface area (Å²) in [4.78, 5) is 0. The van der Waals surface area contributed by atoms with E-state index in [0.717, 1.165) is 16.9 Å². The Labute approximate surface area is 135 Å². The quantitative estimate of drug-likeness (QED) is 0.635. The first-order valence-electron chi connectivity index (χ1n) is 6.69. The number of hydrogen-bond donors (Lipinski definition) is 2. The minimum absolute atomic E-state index is 0.0818. The molecule has 0 heterocycles. The zero-order valence-corrected chi connectivity index (χ0v) is 13.4. The predicted octanol–water partition coefficient (Wildman–Crippen LogP) is 4.33. The third kappa shape index (κ3) is 3.89. The number of benzene rings is 2. The number of ether oxygens (including phenoxy) is 1. The van der Waals surface area contributed by atoms with E-state index in [1.807, 2.05) is 44.2 Å². The van der Waals surface area contributed by atoms with Gasteiger partial charge in [0, 0.05) is 5.56 Å². The number of hydrazine groups is 1. The molecule has 0 aliphatic heterocycles. The molecule has 0 aliphatic rings. The Morgan fingerprint density at radius 2 is 1.76 bits per heavy atom. The van der Waals surface area contributed by atoms with Crippen molar-refractivity contribution < 1.29 is 4.74 Å². The van der Waals surface area contributed by atoms with Crippen LogP contribution in [0.25, 0.3) is 0 Å². The van der Waals surface area contributed by atoms with Crippen LogP contribution in [0.4, 0.5) is 0 Å². The summed E-state index contributed by atoms with van der Waals surface area (Å²) in [5, 5.41) is 1.01. The van der Waals surface area contributed by atoms with E-state index in [4.69, 9.17) is 33.8 Å². The van der Waals surface area contributed by atoms with Gasteiger partial charge in [-0.2, -0.15) is 0 Å². The van der Waals surface area contributed by atoms with Gasteiger partial charge in [-0.15, -0.1) is 0 Å². The van der Waals surface area contributed by atoms with Crippen molar-refractivity contribution in [1.29, 1.82) is 0 Å². The minimum Gasteiger partial charge on any atom is -0.491 e. The van der Waals surface area contributed by atoms with E-state index in [9.17, 15) is 0 Å². The van der Waals surface area contributed by atoms with E-state index >= 15 is 0 Å². The number of hydrogen-bond acceptors (Lipinski definition) is 3. The molecule has 112 valence electrons. The normalized spacial score (nSPS) is 12.5. The molecule has 0 spiro atoms. The molecule has 21 heavy (non-hydrogen) atoms. The van der Waals surface area contributed by atoms with Crippen LogP contribution in [0, 0.1) is 0 Å². The maximum absolute atomic E-state index is 6.09. The van der Waals surface area contributed by atoms with Crippen molar-refractivity contribution in [3.8, 4) is 5.75 Å². The second-order valence-electron chi connectivity index (χ2n) is 4.98. The smallest absolute Gasteiger partial charge is 0.124 e. The van der Waals surface area contributed by atoms with Gasteiger partial charge < -0.3 is 4.74 Å². The van der Waals surface area contributed by atoms with Crippen molar-refractivity contribution >= 4 is 23.2 Å². The highest BCUT2D eigenvalue weighted by Crippen LogP contribution is 2.33. The summed E-state index contributed by atoms with van der Waals surface area (Å²) in [5.74, 6) is 6.54. The van der Waals surface area contributed by atoms with Gasteiger partial charge in [0.2, 0.25) is 0 Å². The highest BCUT2D eigenvalue weighted by Gasteiger charge is 2.18. The second kappa shape index (κ2) is 7.14. The molecule has 2 aromatic carbocycles. The van der Waals surface area contributed by atoms with Gasteiger partial charge in [-0.3, -0.25) is 5.84 Å². The third-order valence-corrected chi connectivity index (χ3v) is 3.78. The predicted molar refractivity (Wildman–Crippen MR) is 87.8 cm³/mol. The van der Waals surface area contributed by atoms with Gasteiger partial charge in [0.15, 0.2) is 0 Å². The van der Waals surface area contributed by atoms with Crippen molar-refractivity contribution in [3.05, 3.63) is 63.6 Å². The Morgan fingerprint density at radius 3 is 2.38 bits per heavy atom.